The van der Waals surface area contributed by atoms with E-state index in [1.807, 2.05) is 38.1 Å². The van der Waals surface area contributed by atoms with Crippen molar-refractivity contribution in [1.82, 2.24) is 9.55 Å². The predicted octanol–water partition coefficient (Wildman–Crippen LogP) is 2.91. The molecule has 3 heterocycles. The van der Waals surface area contributed by atoms with Gasteiger partial charge in [0.2, 0.25) is 5.88 Å². The van der Waals surface area contributed by atoms with Gasteiger partial charge in [0.15, 0.2) is 18.4 Å². The zero-order chi connectivity index (χ0) is 24.7. The predicted molar refractivity (Wildman–Crippen MR) is 123 cm³/mol. The van der Waals surface area contributed by atoms with Gasteiger partial charge in [0.1, 0.15) is 19.0 Å². The highest BCUT2D eigenvalue weighted by Crippen LogP contribution is 2.42. The fraction of sp³-hybridized carbons (Fsp3) is 0.308. The van der Waals surface area contributed by atoms with Crippen LogP contribution in [0.2, 0.25) is 0 Å². The van der Waals surface area contributed by atoms with E-state index in [2.05, 4.69) is 4.98 Å². The van der Waals surface area contributed by atoms with E-state index in [4.69, 9.17) is 18.9 Å². The summed E-state index contributed by atoms with van der Waals surface area (Å²) in [4.78, 5) is 41.3. The molecule has 0 unspecified atom stereocenters. The van der Waals surface area contributed by atoms with Crippen molar-refractivity contribution < 1.29 is 28.5 Å². The van der Waals surface area contributed by atoms with E-state index in [0.29, 0.717) is 22.6 Å². The number of aromatic nitrogens is 2. The summed E-state index contributed by atoms with van der Waals surface area (Å²) in [6.07, 6.45) is -1.78. The highest BCUT2D eigenvalue weighted by Gasteiger charge is 2.54. The van der Waals surface area contributed by atoms with Crippen molar-refractivity contribution in [3.8, 4) is 5.88 Å². The molecule has 9 nitrogen and oxygen atoms in total. The summed E-state index contributed by atoms with van der Waals surface area (Å²) in [6.45, 7) is 5.30. The molecule has 180 valence electrons. The van der Waals surface area contributed by atoms with Crippen LogP contribution in [0, 0.1) is 20.8 Å². The number of ether oxygens (including phenoxy) is 4. The normalized spacial score (nSPS) is 22.1. The molecule has 9 heteroatoms. The third-order valence-corrected chi connectivity index (χ3v) is 6.18. The van der Waals surface area contributed by atoms with E-state index in [1.54, 1.807) is 35.8 Å². The molecular formula is C26H24N2O7. The van der Waals surface area contributed by atoms with Crippen molar-refractivity contribution in [2.24, 2.45) is 0 Å². The van der Waals surface area contributed by atoms with Crippen molar-refractivity contribution in [3.05, 3.63) is 93.0 Å². The summed E-state index contributed by atoms with van der Waals surface area (Å²) >= 11 is 0. The number of aryl methyl sites for hydroxylation is 2. The Balaban J connectivity index is 1.38. The largest absolute Gasteiger partial charge is 0.466 e. The van der Waals surface area contributed by atoms with Gasteiger partial charge in [-0.3, -0.25) is 9.36 Å². The maximum absolute atomic E-state index is 12.9. The number of carbonyl (C=O) groups excluding carboxylic acids is 2. The standard InChI is InChI=1S/C26H24N2O7/c1-14-4-8-17(9-5-14)25(30)32-12-19-20(35-26(31)18-10-6-15(2)7-11-18)21-24(33-19)28-13-27-22(29)16(3)23(28)34-21/h4-11,13,19-21,24H,12H2,1-3H3/t19-,20-,21-,24-/m1/s1. The average Bonchev–Trinajstić information content (AvgIpc) is 3.37. The first kappa shape index (κ1) is 22.8. The maximum Gasteiger partial charge on any atom is 0.338 e. The Hall–Kier alpha value is -3.98. The number of fused-ring (bicyclic) bond motifs is 3. The first-order valence-electron chi connectivity index (χ1n) is 11.2. The summed E-state index contributed by atoms with van der Waals surface area (Å²) in [5.74, 6) is -0.763. The molecule has 1 aromatic heterocycles. The number of esters is 2. The number of nitrogens with zero attached hydrogens (tertiary/aromatic N) is 2. The Labute approximate surface area is 201 Å². The number of hydrogen-bond acceptors (Lipinski definition) is 8. The molecule has 0 radical (unpaired) electrons. The molecule has 3 aromatic rings. The summed E-state index contributed by atoms with van der Waals surface area (Å²) in [5, 5.41) is 0. The lowest BCUT2D eigenvalue weighted by atomic mass is 10.1. The first-order chi connectivity index (χ1) is 16.8. The van der Waals surface area contributed by atoms with E-state index in [0.717, 1.165) is 11.1 Å². The topological polar surface area (TPSA) is 106 Å². The lowest BCUT2D eigenvalue weighted by Gasteiger charge is -2.22. The monoisotopic (exact) mass is 476 g/mol. The van der Waals surface area contributed by atoms with E-state index in [9.17, 15) is 14.4 Å². The number of rotatable bonds is 5. The lowest BCUT2D eigenvalue weighted by Crippen LogP contribution is -2.40. The summed E-state index contributed by atoms with van der Waals surface area (Å²) in [5.41, 5.74) is 2.73. The Morgan fingerprint density at radius 1 is 0.943 bits per heavy atom. The zero-order valence-corrected chi connectivity index (χ0v) is 19.5. The third-order valence-electron chi connectivity index (χ3n) is 6.18. The molecule has 5 rings (SSSR count). The SMILES string of the molecule is Cc1ccc(C(=O)OC[C@H]2O[C@@H]3[C@H](Oc4c(C)c(=O)ncn43)[C@@H]2OC(=O)c2ccc(C)cc2)cc1. The molecule has 2 aliphatic heterocycles. The molecule has 0 spiro atoms. The van der Waals surface area contributed by atoms with Crippen LogP contribution in [0.5, 0.6) is 5.88 Å². The molecule has 1 fully saturated rings. The molecule has 35 heavy (non-hydrogen) atoms. The lowest BCUT2D eigenvalue weighted by molar-refractivity contribution is -0.0574. The van der Waals surface area contributed by atoms with Crippen LogP contribution in [0.4, 0.5) is 0 Å². The van der Waals surface area contributed by atoms with Crippen LogP contribution in [0.1, 0.15) is 43.6 Å². The van der Waals surface area contributed by atoms with Gasteiger partial charge in [-0.25, -0.2) is 9.59 Å². The van der Waals surface area contributed by atoms with Crippen LogP contribution in [0.25, 0.3) is 0 Å². The summed E-state index contributed by atoms with van der Waals surface area (Å²) in [6, 6.07) is 14.0. The van der Waals surface area contributed by atoms with Crippen LogP contribution in [0.3, 0.4) is 0 Å². The van der Waals surface area contributed by atoms with Crippen molar-refractivity contribution in [2.45, 2.75) is 45.3 Å². The third kappa shape index (κ3) is 4.30. The fourth-order valence-corrected chi connectivity index (χ4v) is 4.15. The molecule has 0 saturated carbocycles. The number of hydrogen-bond donors (Lipinski definition) is 0. The Morgan fingerprint density at radius 3 is 2.17 bits per heavy atom. The van der Waals surface area contributed by atoms with Gasteiger partial charge in [0.05, 0.1) is 16.7 Å². The molecule has 2 aliphatic rings. The molecule has 4 atom stereocenters. The van der Waals surface area contributed by atoms with Gasteiger partial charge < -0.3 is 18.9 Å². The van der Waals surface area contributed by atoms with Gasteiger partial charge in [0, 0.05) is 0 Å². The minimum Gasteiger partial charge on any atom is -0.466 e. The van der Waals surface area contributed by atoms with Crippen LogP contribution < -0.4 is 10.3 Å². The smallest absolute Gasteiger partial charge is 0.338 e. The van der Waals surface area contributed by atoms with Crippen molar-refractivity contribution in [1.29, 1.82) is 0 Å². The van der Waals surface area contributed by atoms with Gasteiger partial charge in [-0.05, 0) is 45.0 Å². The second kappa shape index (κ2) is 8.99. The fourth-order valence-electron chi connectivity index (χ4n) is 4.15. The molecule has 0 N–H and O–H groups in total. The van der Waals surface area contributed by atoms with E-state index in [1.165, 1.54) is 6.33 Å². The summed E-state index contributed by atoms with van der Waals surface area (Å²) in [7, 11) is 0. The van der Waals surface area contributed by atoms with Crippen LogP contribution >= 0.6 is 0 Å². The number of benzene rings is 2. The van der Waals surface area contributed by atoms with Gasteiger partial charge in [0.25, 0.3) is 5.56 Å². The maximum atomic E-state index is 12.9. The van der Waals surface area contributed by atoms with Crippen molar-refractivity contribution in [2.75, 3.05) is 6.61 Å². The highest BCUT2D eigenvalue weighted by atomic mass is 16.7. The van der Waals surface area contributed by atoms with Gasteiger partial charge in [-0.15, -0.1) is 0 Å². The minimum absolute atomic E-state index is 0.156. The van der Waals surface area contributed by atoms with E-state index < -0.39 is 42.0 Å². The molecule has 0 amide bonds. The van der Waals surface area contributed by atoms with Gasteiger partial charge >= 0.3 is 11.9 Å². The van der Waals surface area contributed by atoms with E-state index >= 15 is 0 Å². The Kier molecular flexibility index (Phi) is 5.86. The van der Waals surface area contributed by atoms with E-state index in [-0.39, 0.29) is 6.61 Å². The van der Waals surface area contributed by atoms with Gasteiger partial charge in [-0.1, -0.05) is 35.4 Å². The Bertz CT molecular complexity index is 1330. The molecule has 0 aliphatic carbocycles. The van der Waals surface area contributed by atoms with Crippen LogP contribution in [0.15, 0.2) is 59.7 Å². The van der Waals surface area contributed by atoms with Gasteiger partial charge in [-0.2, -0.15) is 4.98 Å². The van der Waals surface area contributed by atoms with Crippen LogP contribution in [-0.2, 0) is 14.2 Å². The van der Waals surface area contributed by atoms with Crippen molar-refractivity contribution in [3.63, 3.8) is 0 Å². The number of carbonyl (C=O) groups is 2. The second-order valence-electron chi connectivity index (χ2n) is 8.74. The minimum atomic E-state index is -0.894. The first-order valence-corrected chi connectivity index (χ1v) is 11.2. The molecule has 1 saturated heterocycles. The molecular weight excluding hydrogens is 452 g/mol. The summed E-state index contributed by atoms with van der Waals surface area (Å²) < 4.78 is 25.1. The molecule has 2 aromatic carbocycles. The van der Waals surface area contributed by atoms with Crippen molar-refractivity contribution >= 4 is 11.9 Å². The average molecular weight is 476 g/mol. The second-order valence-corrected chi connectivity index (χ2v) is 8.74. The molecule has 0 bridgehead atoms. The quantitative estimate of drug-likeness (QED) is 0.518. The highest BCUT2D eigenvalue weighted by molar-refractivity contribution is 5.90. The zero-order valence-electron chi connectivity index (χ0n) is 19.5. The Morgan fingerprint density at radius 2 is 1.54 bits per heavy atom. The van der Waals surface area contributed by atoms with Crippen LogP contribution in [-0.4, -0.2) is 46.4 Å².